The number of barbiturate groups is 1. The van der Waals surface area contributed by atoms with Crippen molar-refractivity contribution in [2.24, 2.45) is 0 Å². The first-order valence-corrected chi connectivity index (χ1v) is 5.20. The molecule has 1 unspecified atom stereocenters. The van der Waals surface area contributed by atoms with Crippen molar-refractivity contribution in [1.82, 2.24) is 15.2 Å². The summed E-state index contributed by atoms with van der Waals surface area (Å²) < 4.78 is 13.2. The zero-order valence-electron chi connectivity index (χ0n) is 9.51. The maximum Gasteiger partial charge on any atom is 0.331 e. The third-order valence-corrected chi connectivity index (χ3v) is 2.65. The van der Waals surface area contributed by atoms with Gasteiger partial charge >= 0.3 is 6.03 Å². The van der Waals surface area contributed by atoms with E-state index in [4.69, 9.17) is 0 Å². The van der Waals surface area contributed by atoms with Crippen molar-refractivity contribution >= 4 is 17.8 Å². The molecule has 0 aliphatic carbocycles. The number of amides is 4. The summed E-state index contributed by atoms with van der Waals surface area (Å²) in [6.45, 7) is 1.67. The number of aromatic nitrogens is 1. The number of alkyl halides is 1. The molecule has 0 spiro atoms. The minimum atomic E-state index is -2.33. The van der Waals surface area contributed by atoms with Crippen LogP contribution in [0.4, 0.5) is 9.18 Å². The lowest BCUT2D eigenvalue weighted by atomic mass is 10.1. The first-order chi connectivity index (χ1) is 8.50. The van der Waals surface area contributed by atoms with E-state index in [1.165, 1.54) is 6.20 Å². The summed E-state index contributed by atoms with van der Waals surface area (Å²) in [6, 6.07) is 0.717. The van der Waals surface area contributed by atoms with Crippen LogP contribution in [-0.4, -0.2) is 33.9 Å². The van der Waals surface area contributed by atoms with Crippen LogP contribution in [0.1, 0.15) is 11.1 Å². The Hall–Kier alpha value is -2.31. The molecule has 6 nitrogen and oxygen atoms in total. The SMILES string of the molecule is Cc1cnccc1CN1C(=O)NC(=O)C(F)C1=O. The molecular weight excluding hydrogens is 241 g/mol. The minimum Gasteiger partial charge on any atom is -0.275 e. The number of rotatable bonds is 2. The number of carbonyl (C=O) groups is 3. The molecule has 1 atom stereocenters. The van der Waals surface area contributed by atoms with Crippen molar-refractivity contribution in [3.05, 3.63) is 29.6 Å². The van der Waals surface area contributed by atoms with Gasteiger partial charge in [-0.2, -0.15) is 0 Å². The van der Waals surface area contributed by atoms with Gasteiger partial charge < -0.3 is 0 Å². The highest BCUT2D eigenvalue weighted by molar-refractivity contribution is 6.17. The van der Waals surface area contributed by atoms with Crippen LogP contribution in [0.25, 0.3) is 0 Å². The molecule has 7 heteroatoms. The third-order valence-electron chi connectivity index (χ3n) is 2.65. The van der Waals surface area contributed by atoms with Gasteiger partial charge in [0.15, 0.2) is 0 Å². The number of aryl methyl sites for hydroxylation is 1. The molecule has 0 aromatic carbocycles. The van der Waals surface area contributed by atoms with Gasteiger partial charge in [-0.05, 0) is 24.1 Å². The number of urea groups is 1. The topological polar surface area (TPSA) is 79.4 Å². The Kier molecular flexibility index (Phi) is 3.05. The maximum absolute atomic E-state index is 13.2. The number of hydrogen-bond acceptors (Lipinski definition) is 4. The molecule has 0 bridgehead atoms. The van der Waals surface area contributed by atoms with Gasteiger partial charge in [-0.1, -0.05) is 0 Å². The van der Waals surface area contributed by atoms with E-state index in [0.717, 1.165) is 5.56 Å². The first kappa shape index (κ1) is 12.2. The van der Waals surface area contributed by atoms with Gasteiger partial charge in [-0.3, -0.25) is 24.8 Å². The number of hydrogen-bond donors (Lipinski definition) is 1. The molecule has 1 saturated heterocycles. The van der Waals surface area contributed by atoms with Gasteiger partial charge in [-0.25, -0.2) is 9.18 Å². The van der Waals surface area contributed by atoms with E-state index in [1.54, 1.807) is 24.5 Å². The van der Waals surface area contributed by atoms with Gasteiger partial charge in [0, 0.05) is 12.4 Å². The Morgan fingerprint density at radius 2 is 2.17 bits per heavy atom. The monoisotopic (exact) mass is 251 g/mol. The smallest absolute Gasteiger partial charge is 0.275 e. The van der Waals surface area contributed by atoms with Crippen molar-refractivity contribution in [2.45, 2.75) is 19.6 Å². The molecule has 1 fully saturated rings. The van der Waals surface area contributed by atoms with Crippen LogP contribution >= 0.6 is 0 Å². The van der Waals surface area contributed by atoms with E-state index in [1.807, 2.05) is 0 Å². The quantitative estimate of drug-likeness (QED) is 0.767. The van der Waals surface area contributed by atoms with E-state index in [0.29, 0.717) is 10.5 Å². The lowest BCUT2D eigenvalue weighted by molar-refractivity contribution is -0.144. The molecule has 1 aromatic heterocycles. The zero-order chi connectivity index (χ0) is 13.3. The van der Waals surface area contributed by atoms with Crippen molar-refractivity contribution in [2.75, 3.05) is 0 Å². The van der Waals surface area contributed by atoms with Gasteiger partial charge in [0.05, 0.1) is 6.54 Å². The molecule has 94 valence electrons. The van der Waals surface area contributed by atoms with Crippen LogP contribution in [0, 0.1) is 6.92 Å². The van der Waals surface area contributed by atoms with Gasteiger partial charge in [-0.15, -0.1) is 0 Å². The lowest BCUT2D eigenvalue weighted by Gasteiger charge is -2.27. The van der Waals surface area contributed by atoms with E-state index in [9.17, 15) is 18.8 Å². The minimum absolute atomic E-state index is 0.0906. The van der Waals surface area contributed by atoms with E-state index < -0.39 is 24.0 Å². The largest absolute Gasteiger partial charge is 0.331 e. The third kappa shape index (κ3) is 2.06. The number of nitrogens with zero attached hydrogens (tertiary/aromatic N) is 2. The Balaban J connectivity index is 2.23. The highest BCUT2D eigenvalue weighted by Crippen LogP contribution is 2.14. The van der Waals surface area contributed by atoms with Gasteiger partial charge in [0.2, 0.25) is 0 Å². The first-order valence-electron chi connectivity index (χ1n) is 5.20. The Bertz CT molecular complexity index is 532. The van der Waals surface area contributed by atoms with Gasteiger partial charge in [0.25, 0.3) is 18.0 Å². The van der Waals surface area contributed by atoms with Crippen LogP contribution in [0.2, 0.25) is 0 Å². The molecule has 1 aromatic rings. The molecular formula is C11H10FN3O3. The lowest BCUT2D eigenvalue weighted by Crippen LogP contribution is -2.58. The predicted molar refractivity (Wildman–Crippen MR) is 58.0 cm³/mol. The summed E-state index contributed by atoms with van der Waals surface area (Å²) in [7, 11) is 0. The average Bonchev–Trinajstić information content (AvgIpc) is 2.34. The molecule has 4 amide bonds. The Morgan fingerprint density at radius 3 is 2.83 bits per heavy atom. The highest BCUT2D eigenvalue weighted by atomic mass is 19.1. The number of carbonyl (C=O) groups excluding carboxylic acids is 3. The fourth-order valence-electron chi connectivity index (χ4n) is 1.58. The second-order valence-electron chi connectivity index (χ2n) is 3.88. The van der Waals surface area contributed by atoms with E-state index >= 15 is 0 Å². The fourth-order valence-corrected chi connectivity index (χ4v) is 1.58. The summed E-state index contributed by atoms with van der Waals surface area (Å²) in [5.41, 5.74) is 1.43. The normalized spacial score (nSPS) is 20.0. The molecule has 18 heavy (non-hydrogen) atoms. The van der Waals surface area contributed by atoms with Crippen LogP contribution < -0.4 is 5.32 Å². The van der Waals surface area contributed by atoms with Crippen molar-refractivity contribution < 1.29 is 18.8 Å². The standard InChI is InChI=1S/C11H10FN3O3/c1-6-4-13-3-2-7(6)5-15-10(17)8(12)9(16)14-11(15)18/h2-4,8H,5H2,1H3,(H,14,16,18). The number of imide groups is 2. The molecule has 2 rings (SSSR count). The second-order valence-corrected chi connectivity index (χ2v) is 3.88. The highest BCUT2D eigenvalue weighted by Gasteiger charge is 2.40. The van der Waals surface area contributed by atoms with E-state index in [2.05, 4.69) is 4.98 Å². The molecule has 1 aliphatic heterocycles. The molecule has 0 radical (unpaired) electrons. The molecule has 2 heterocycles. The number of nitrogens with one attached hydrogen (secondary N) is 1. The average molecular weight is 251 g/mol. The van der Waals surface area contributed by atoms with Crippen molar-refractivity contribution in [1.29, 1.82) is 0 Å². The predicted octanol–water partition coefficient (Wildman–Crippen LogP) is 0.307. The number of pyridine rings is 1. The van der Waals surface area contributed by atoms with Crippen LogP contribution in [0.5, 0.6) is 0 Å². The van der Waals surface area contributed by atoms with Gasteiger partial charge in [0.1, 0.15) is 0 Å². The second kappa shape index (κ2) is 4.52. The van der Waals surface area contributed by atoms with E-state index in [-0.39, 0.29) is 6.54 Å². The fraction of sp³-hybridized carbons (Fsp3) is 0.273. The zero-order valence-corrected chi connectivity index (χ0v) is 9.51. The van der Waals surface area contributed by atoms with Crippen LogP contribution in [0.3, 0.4) is 0 Å². The summed E-state index contributed by atoms with van der Waals surface area (Å²) >= 11 is 0. The Labute approximate surface area is 102 Å². The maximum atomic E-state index is 13.2. The van der Waals surface area contributed by atoms with Crippen LogP contribution in [0.15, 0.2) is 18.5 Å². The summed E-state index contributed by atoms with van der Waals surface area (Å²) in [6.07, 6.45) is 0.747. The van der Waals surface area contributed by atoms with Crippen LogP contribution in [-0.2, 0) is 16.1 Å². The van der Waals surface area contributed by atoms with Crippen molar-refractivity contribution in [3.63, 3.8) is 0 Å². The molecule has 1 aliphatic rings. The molecule has 0 saturated carbocycles. The summed E-state index contributed by atoms with van der Waals surface area (Å²) in [5, 5.41) is 1.79. The Morgan fingerprint density at radius 1 is 1.44 bits per heavy atom. The molecule has 1 N–H and O–H groups in total. The summed E-state index contributed by atoms with van der Waals surface area (Å²) in [5.74, 6) is -2.35. The van der Waals surface area contributed by atoms with Crippen molar-refractivity contribution in [3.8, 4) is 0 Å². The number of halogens is 1. The summed E-state index contributed by atoms with van der Waals surface area (Å²) in [4.78, 5) is 38.4.